The van der Waals surface area contributed by atoms with Gasteiger partial charge >= 0.3 is 0 Å². The number of carbonyl (C=O) groups excluding carboxylic acids is 1. The lowest BCUT2D eigenvalue weighted by Crippen LogP contribution is -2.11. The van der Waals surface area contributed by atoms with Gasteiger partial charge in [0.2, 0.25) is 12.7 Å². The number of hydrogen-bond donors (Lipinski definition) is 1. The molecule has 0 saturated carbocycles. The molecule has 1 N–H and O–H groups in total. The fourth-order valence-corrected chi connectivity index (χ4v) is 2.81. The van der Waals surface area contributed by atoms with Crippen LogP contribution in [0.2, 0.25) is 0 Å². The first-order valence-electron chi connectivity index (χ1n) is 8.45. The van der Waals surface area contributed by atoms with Crippen LogP contribution in [0.15, 0.2) is 69.7 Å². The van der Waals surface area contributed by atoms with Gasteiger partial charge < -0.3 is 23.6 Å². The van der Waals surface area contributed by atoms with Gasteiger partial charge in [-0.2, -0.15) is 0 Å². The second-order valence-electron chi connectivity index (χ2n) is 5.99. The largest absolute Gasteiger partial charge is 0.459 e. The Hall–Kier alpha value is -4.07. The van der Waals surface area contributed by atoms with Crippen LogP contribution >= 0.6 is 0 Å². The third-order valence-electron chi connectivity index (χ3n) is 4.16. The van der Waals surface area contributed by atoms with Gasteiger partial charge in [-0.05, 0) is 48.5 Å². The lowest BCUT2D eigenvalue weighted by molar-refractivity contribution is 0.102. The van der Waals surface area contributed by atoms with Crippen molar-refractivity contribution in [3.63, 3.8) is 0 Å². The predicted octanol–water partition coefficient (Wildman–Crippen LogP) is 3.98. The smallest absolute Gasteiger partial charge is 0.283 e. The number of nitrogens with zero attached hydrogens (tertiary/aromatic N) is 2. The number of carbonyl (C=O) groups is 1. The summed E-state index contributed by atoms with van der Waals surface area (Å²) in [5, 5.41) is 10.9. The first kappa shape index (κ1) is 16.1. The number of hydrogen-bond acceptors (Lipinski definition) is 7. The average Bonchev–Trinajstić information content (AvgIpc) is 3.48. The highest BCUT2D eigenvalue weighted by Gasteiger charge is 2.17. The van der Waals surface area contributed by atoms with Crippen molar-refractivity contribution in [3.8, 4) is 34.6 Å². The van der Waals surface area contributed by atoms with Gasteiger partial charge in [0.05, 0.1) is 6.26 Å². The summed E-state index contributed by atoms with van der Waals surface area (Å²) in [5.74, 6) is 2.02. The Bertz CT molecular complexity index is 1150. The SMILES string of the molecule is O=C(Nc1cccc(-c2nnc(-c3ccco3)o2)c1)c1ccc2c(c1)OCO2. The van der Waals surface area contributed by atoms with E-state index in [1.54, 1.807) is 48.5 Å². The fourth-order valence-electron chi connectivity index (χ4n) is 2.81. The summed E-state index contributed by atoms with van der Waals surface area (Å²) >= 11 is 0. The molecule has 0 saturated heterocycles. The molecule has 1 aliphatic rings. The molecular weight excluding hydrogens is 362 g/mol. The van der Waals surface area contributed by atoms with Crippen LogP contribution in [0.25, 0.3) is 23.1 Å². The molecule has 28 heavy (non-hydrogen) atoms. The van der Waals surface area contributed by atoms with Crippen LogP contribution < -0.4 is 14.8 Å². The van der Waals surface area contributed by atoms with Crippen molar-refractivity contribution >= 4 is 11.6 Å². The van der Waals surface area contributed by atoms with Gasteiger partial charge in [-0.15, -0.1) is 10.2 Å². The molecule has 3 heterocycles. The molecule has 8 nitrogen and oxygen atoms in total. The van der Waals surface area contributed by atoms with Gasteiger partial charge in [-0.25, -0.2) is 0 Å². The standard InChI is InChI=1S/C20H13N3O5/c24-18(12-6-7-15-17(10-12)27-11-26-15)21-14-4-1-3-13(9-14)19-22-23-20(28-19)16-5-2-8-25-16/h1-10H,11H2,(H,21,24). The molecule has 0 bridgehead atoms. The number of ether oxygens (including phenoxy) is 2. The number of benzene rings is 2. The highest BCUT2D eigenvalue weighted by molar-refractivity contribution is 6.04. The molecule has 8 heteroatoms. The van der Waals surface area contributed by atoms with Gasteiger partial charge in [-0.3, -0.25) is 4.79 Å². The van der Waals surface area contributed by atoms with Crippen molar-refractivity contribution in [3.05, 3.63) is 66.4 Å². The first-order chi connectivity index (χ1) is 13.8. The number of fused-ring (bicyclic) bond motifs is 1. The van der Waals surface area contributed by atoms with Gasteiger partial charge in [-0.1, -0.05) is 6.07 Å². The van der Waals surface area contributed by atoms with Gasteiger partial charge in [0, 0.05) is 16.8 Å². The topological polar surface area (TPSA) is 99.6 Å². The van der Waals surface area contributed by atoms with E-state index in [2.05, 4.69) is 15.5 Å². The number of rotatable bonds is 4. The van der Waals surface area contributed by atoms with E-state index in [4.69, 9.17) is 18.3 Å². The Labute approximate surface area is 158 Å². The molecule has 2 aromatic carbocycles. The third kappa shape index (κ3) is 2.96. The first-order valence-corrected chi connectivity index (χ1v) is 8.45. The Morgan fingerprint density at radius 3 is 2.71 bits per heavy atom. The molecule has 2 aromatic heterocycles. The molecule has 0 atom stereocenters. The van der Waals surface area contributed by atoms with E-state index in [0.29, 0.717) is 40.0 Å². The molecule has 0 fully saturated rings. The lowest BCUT2D eigenvalue weighted by Gasteiger charge is -2.07. The van der Waals surface area contributed by atoms with Crippen molar-refractivity contribution in [2.45, 2.75) is 0 Å². The molecule has 4 aromatic rings. The second-order valence-corrected chi connectivity index (χ2v) is 5.99. The molecule has 1 amide bonds. The molecular formula is C20H13N3O5. The maximum atomic E-state index is 12.5. The minimum atomic E-state index is -0.266. The summed E-state index contributed by atoms with van der Waals surface area (Å²) in [5.41, 5.74) is 1.74. The third-order valence-corrected chi connectivity index (χ3v) is 4.16. The molecule has 0 aliphatic carbocycles. The minimum Gasteiger partial charge on any atom is -0.459 e. The van der Waals surface area contributed by atoms with Gasteiger partial charge in [0.15, 0.2) is 17.3 Å². The summed E-state index contributed by atoms with van der Waals surface area (Å²) in [6.07, 6.45) is 1.53. The predicted molar refractivity (Wildman–Crippen MR) is 98.0 cm³/mol. The summed E-state index contributed by atoms with van der Waals surface area (Å²) < 4.78 is 21.5. The maximum Gasteiger partial charge on any atom is 0.283 e. The van der Waals surface area contributed by atoms with Crippen molar-refractivity contribution < 1.29 is 23.1 Å². The van der Waals surface area contributed by atoms with E-state index < -0.39 is 0 Å². The summed E-state index contributed by atoms with van der Waals surface area (Å²) in [7, 11) is 0. The van der Waals surface area contributed by atoms with Crippen LogP contribution in [0, 0.1) is 0 Å². The van der Waals surface area contributed by atoms with E-state index in [0.717, 1.165) is 0 Å². The fraction of sp³-hybridized carbons (Fsp3) is 0.0500. The highest BCUT2D eigenvalue weighted by atomic mass is 16.7. The molecule has 138 valence electrons. The zero-order chi connectivity index (χ0) is 18.9. The van der Waals surface area contributed by atoms with Crippen LogP contribution in [0.4, 0.5) is 5.69 Å². The van der Waals surface area contributed by atoms with E-state index >= 15 is 0 Å². The number of anilines is 1. The summed E-state index contributed by atoms with van der Waals surface area (Å²) in [4.78, 5) is 12.5. The maximum absolute atomic E-state index is 12.5. The van der Waals surface area contributed by atoms with E-state index in [-0.39, 0.29) is 18.6 Å². The number of nitrogens with one attached hydrogen (secondary N) is 1. The lowest BCUT2D eigenvalue weighted by atomic mass is 10.1. The monoisotopic (exact) mass is 375 g/mol. The Morgan fingerprint density at radius 1 is 0.929 bits per heavy atom. The highest BCUT2D eigenvalue weighted by Crippen LogP contribution is 2.33. The van der Waals surface area contributed by atoms with Crippen molar-refractivity contribution in [2.24, 2.45) is 0 Å². The number of aromatic nitrogens is 2. The molecule has 1 aliphatic heterocycles. The summed E-state index contributed by atoms with van der Waals surface area (Å²) in [6.45, 7) is 0.159. The molecule has 0 radical (unpaired) electrons. The number of furan rings is 1. The Balaban J connectivity index is 1.36. The van der Waals surface area contributed by atoms with Crippen molar-refractivity contribution in [2.75, 3.05) is 12.1 Å². The molecule has 0 spiro atoms. The Morgan fingerprint density at radius 2 is 1.82 bits per heavy atom. The van der Waals surface area contributed by atoms with Crippen LogP contribution in [0.5, 0.6) is 11.5 Å². The van der Waals surface area contributed by atoms with Gasteiger partial charge in [0.1, 0.15) is 0 Å². The normalized spacial score (nSPS) is 12.1. The van der Waals surface area contributed by atoms with E-state index in [1.165, 1.54) is 6.26 Å². The summed E-state index contributed by atoms with van der Waals surface area (Å²) in [6, 6.07) is 15.7. The zero-order valence-corrected chi connectivity index (χ0v) is 14.4. The van der Waals surface area contributed by atoms with Crippen LogP contribution in [-0.4, -0.2) is 22.9 Å². The quantitative estimate of drug-likeness (QED) is 0.576. The Kier molecular flexibility index (Phi) is 3.79. The van der Waals surface area contributed by atoms with Crippen LogP contribution in [-0.2, 0) is 0 Å². The van der Waals surface area contributed by atoms with Crippen LogP contribution in [0.3, 0.4) is 0 Å². The zero-order valence-electron chi connectivity index (χ0n) is 14.4. The van der Waals surface area contributed by atoms with Crippen molar-refractivity contribution in [1.29, 1.82) is 0 Å². The van der Waals surface area contributed by atoms with Crippen molar-refractivity contribution in [1.82, 2.24) is 10.2 Å². The minimum absolute atomic E-state index is 0.159. The van der Waals surface area contributed by atoms with E-state index in [9.17, 15) is 4.79 Å². The van der Waals surface area contributed by atoms with E-state index in [1.807, 2.05) is 6.07 Å². The number of amides is 1. The molecule has 5 rings (SSSR count). The second kappa shape index (κ2) is 6.58. The van der Waals surface area contributed by atoms with Crippen LogP contribution in [0.1, 0.15) is 10.4 Å². The van der Waals surface area contributed by atoms with Gasteiger partial charge in [0.25, 0.3) is 11.8 Å². The molecule has 0 unspecified atom stereocenters. The average molecular weight is 375 g/mol.